The highest BCUT2D eigenvalue weighted by Crippen LogP contribution is 2.42. The third-order valence-corrected chi connectivity index (χ3v) is 4.43. The summed E-state index contributed by atoms with van der Waals surface area (Å²) < 4.78 is 39.9. The second kappa shape index (κ2) is 6.88. The number of hydrogen-bond donors (Lipinski definition) is 1. The van der Waals surface area contributed by atoms with Crippen LogP contribution in [0.2, 0.25) is 10.0 Å². The van der Waals surface area contributed by atoms with Gasteiger partial charge in [0.15, 0.2) is 5.69 Å². The normalized spacial score (nSPS) is 14.6. The van der Waals surface area contributed by atoms with Gasteiger partial charge in [-0.3, -0.25) is 9.48 Å². The van der Waals surface area contributed by atoms with Gasteiger partial charge < -0.3 is 5.32 Å². The molecular weight excluding hydrogens is 378 g/mol. The Hall–Kier alpha value is -1.73. The second-order valence-corrected chi connectivity index (χ2v) is 6.67. The van der Waals surface area contributed by atoms with Crippen molar-refractivity contribution in [2.24, 2.45) is 0 Å². The highest BCUT2D eigenvalue weighted by molar-refractivity contribution is 6.36. The summed E-state index contributed by atoms with van der Waals surface area (Å²) in [5.74, 6) is -0.303. The average molecular weight is 392 g/mol. The molecule has 0 spiro atoms. The van der Waals surface area contributed by atoms with Crippen LogP contribution in [0, 0.1) is 0 Å². The summed E-state index contributed by atoms with van der Waals surface area (Å²) in [6.45, 7) is 0.287. The van der Waals surface area contributed by atoms with E-state index in [9.17, 15) is 18.0 Å². The lowest BCUT2D eigenvalue weighted by molar-refractivity contribution is -0.141. The van der Waals surface area contributed by atoms with Crippen molar-refractivity contribution in [3.8, 4) is 0 Å². The Morgan fingerprint density at radius 2 is 2.00 bits per heavy atom. The van der Waals surface area contributed by atoms with Gasteiger partial charge in [0.25, 0.3) is 5.91 Å². The molecule has 9 heteroatoms. The number of nitrogens with zero attached hydrogens (tertiary/aromatic N) is 2. The van der Waals surface area contributed by atoms with E-state index >= 15 is 0 Å². The monoisotopic (exact) mass is 391 g/mol. The number of carbonyl (C=O) groups excluding carboxylic acids is 1. The number of amides is 1. The van der Waals surface area contributed by atoms with Crippen molar-refractivity contribution in [3.05, 3.63) is 51.3 Å². The van der Waals surface area contributed by atoms with E-state index in [-0.39, 0.29) is 29.6 Å². The molecular formula is C16H14Cl2F3N3O. The molecule has 1 aromatic carbocycles. The summed E-state index contributed by atoms with van der Waals surface area (Å²) in [4.78, 5) is 12.1. The fourth-order valence-electron chi connectivity index (χ4n) is 2.50. The van der Waals surface area contributed by atoms with Crippen LogP contribution in [0.4, 0.5) is 13.2 Å². The van der Waals surface area contributed by atoms with Crippen molar-refractivity contribution in [1.82, 2.24) is 15.1 Å². The van der Waals surface area contributed by atoms with E-state index in [1.54, 1.807) is 0 Å². The van der Waals surface area contributed by atoms with Gasteiger partial charge in [-0.2, -0.15) is 18.3 Å². The summed E-state index contributed by atoms with van der Waals surface area (Å²) in [6.07, 6.45) is -2.76. The zero-order valence-electron chi connectivity index (χ0n) is 12.9. The first-order valence-corrected chi connectivity index (χ1v) is 8.39. The van der Waals surface area contributed by atoms with Gasteiger partial charge in [0.05, 0.1) is 17.1 Å². The van der Waals surface area contributed by atoms with E-state index in [1.165, 1.54) is 22.9 Å². The molecule has 0 aliphatic heterocycles. The largest absolute Gasteiger partial charge is 0.435 e. The molecule has 0 radical (unpaired) electrons. The number of alkyl halides is 3. The molecule has 1 aliphatic carbocycles. The Labute approximate surface area is 151 Å². The minimum atomic E-state index is -4.48. The van der Waals surface area contributed by atoms with E-state index in [1.807, 2.05) is 0 Å². The van der Waals surface area contributed by atoms with Gasteiger partial charge in [0, 0.05) is 23.2 Å². The van der Waals surface area contributed by atoms with Gasteiger partial charge in [0.1, 0.15) is 0 Å². The molecule has 1 aromatic heterocycles. The Bertz CT molecular complexity index is 800. The first-order valence-electron chi connectivity index (χ1n) is 7.64. The van der Waals surface area contributed by atoms with Crippen LogP contribution >= 0.6 is 23.2 Å². The topological polar surface area (TPSA) is 46.9 Å². The van der Waals surface area contributed by atoms with Crippen molar-refractivity contribution >= 4 is 29.1 Å². The molecule has 134 valence electrons. The number of nitrogens with one attached hydrogen (secondary N) is 1. The van der Waals surface area contributed by atoms with Crippen molar-refractivity contribution in [2.45, 2.75) is 31.5 Å². The molecule has 1 heterocycles. The molecule has 1 fully saturated rings. The predicted octanol–water partition coefficient (Wildman–Crippen LogP) is 4.52. The molecule has 2 aromatic rings. The van der Waals surface area contributed by atoms with Gasteiger partial charge in [-0.15, -0.1) is 0 Å². The van der Waals surface area contributed by atoms with Crippen LogP contribution in [0.3, 0.4) is 0 Å². The molecule has 1 amide bonds. The second-order valence-electron chi connectivity index (χ2n) is 5.83. The Balaban J connectivity index is 1.65. The number of aromatic nitrogens is 2. The number of carbonyl (C=O) groups is 1. The van der Waals surface area contributed by atoms with Crippen LogP contribution in [0.5, 0.6) is 0 Å². The summed E-state index contributed by atoms with van der Waals surface area (Å²) >= 11 is 11.7. The number of hydrogen-bond acceptors (Lipinski definition) is 2. The molecule has 1 N–H and O–H groups in total. The van der Waals surface area contributed by atoms with Crippen molar-refractivity contribution in [2.75, 3.05) is 6.54 Å². The van der Waals surface area contributed by atoms with Gasteiger partial charge in [-0.05, 0) is 37.1 Å². The Morgan fingerprint density at radius 3 is 2.60 bits per heavy atom. The summed E-state index contributed by atoms with van der Waals surface area (Å²) in [7, 11) is 0. The van der Waals surface area contributed by atoms with Crippen molar-refractivity contribution in [1.29, 1.82) is 0 Å². The van der Waals surface area contributed by atoms with E-state index in [0.29, 0.717) is 10.7 Å². The van der Waals surface area contributed by atoms with Gasteiger partial charge in [-0.1, -0.05) is 23.2 Å². The predicted molar refractivity (Wildman–Crippen MR) is 88.0 cm³/mol. The highest BCUT2D eigenvalue weighted by Gasteiger charge is 2.37. The lowest BCUT2D eigenvalue weighted by Gasteiger charge is -2.09. The molecule has 0 saturated heterocycles. The van der Waals surface area contributed by atoms with Crippen LogP contribution < -0.4 is 5.32 Å². The van der Waals surface area contributed by atoms with Gasteiger partial charge >= 0.3 is 6.18 Å². The maximum Gasteiger partial charge on any atom is 0.435 e. The smallest absolute Gasteiger partial charge is 0.350 e. The highest BCUT2D eigenvalue weighted by atomic mass is 35.5. The Kier molecular flexibility index (Phi) is 4.97. The first-order chi connectivity index (χ1) is 11.8. The quantitative estimate of drug-likeness (QED) is 0.814. The molecule has 1 aliphatic rings. The van der Waals surface area contributed by atoms with Crippen molar-refractivity contribution < 1.29 is 18.0 Å². The maximum atomic E-state index is 12.8. The summed E-state index contributed by atoms with van der Waals surface area (Å²) in [5, 5.41) is 6.89. The standard InChI is InChI=1S/C16H14Cl2F3N3O/c17-10-3-4-11(12(18)7-10)15(25)22-5-6-24-13(9-1-2-9)8-14(23-24)16(19,20)21/h3-4,7-9H,1-2,5-6H2,(H,22,25). The molecule has 4 nitrogen and oxygen atoms in total. The molecule has 0 atom stereocenters. The maximum absolute atomic E-state index is 12.8. The van der Waals surface area contributed by atoms with Crippen LogP contribution in [0.1, 0.15) is 40.5 Å². The molecule has 25 heavy (non-hydrogen) atoms. The minimum absolute atomic E-state index is 0.116. The zero-order chi connectivity index (χ0) is 18.2. The first kappa shape index (κ1) is 18.1. The third-order valence-electron chi connectivity index (χ3n) is 3.88. The SMILES string of the molecule is O=C(NCCn1nc(C(F)(F)F)cc1C1CC1)c1ccc(Cl)cc1Cl. The van der Waals surface area contributed by atoms with Crippen LogP contribution in [0.15, 0.2) is 24.3 Å². The van der Waals surface area contributed by atoms with Gasteiger partial charge in [0.2, 0.25) is 0 Å². The fraction of sp³-hybridized carbons (Fsp3) is 0.375. The minimum Gasteiger partial charge on any atom is -0.350 e. The van der Waals surface area contributed by atoms with Crippen LogP contribution in [-0.2, 0) is 12.7 Å². The molecule has 1 saturated carbocycles. The molecule has 0 bridgehead atoms. The van der Waals surface area contributed by atoms with E-state index in [4.69, 9.17) is 23.2 Å². The number of benzene rings is 1. The zero-order valence-corrected chi connectivity index (χ0v) is 14.4. The summed E-state index contributed by atoms with van der Waals surface area (Å²) in [5.41, 5.74) is -0.0856. The van der Waals surface area contributed by atoms with E-state index in [0.717, 1.165) is 18.9 Å². The number of rotatable bonds is 5. The van der Waals surface area contributed by atoms with Crippen LogP contribution in [-0.4, -0.2) is 22.2 Å². The fourth-order valence-corrected chi connectivity index (χ4v) is 3.00. The average Bonchev–Trinajstić information content (AvgIpc) is 3.26. The Morgan fingerprint density at radius 1 is 1.28 bits per heavy atom. The lowest BCUT2D eigenvalue weighted by atomic mass is 10.2. The lowest BCUT2D eigenvalue weighted by Crippen LogP contribution is -2.28. The van der Waals surface area contributed by atoms with E-state index in [2.05, 4.69) is 10.4 Å². The number of halogens is 5. The van der Waals surface area contributed by atoms with Crippen LogP contribution in [0.25, 0.3) is 0 Å². The molecule has 0 unspecified atom stereocenters. The summed E-state index contributed by atoms with van der Waals surface area (Å²) in [6, 6.07) is 5.57. The van der Waals surface area contributed by atoms with Gasteiger partial charge in [-0.25, -0.2) is 0 Å². The third kappa shape index (κ3) is 4.27. The van der Waals surface area contributed by atoms with E-state index < -0.39 is 17.8 Å². The molecule has 3 rings (SSSR count). The van der Waals surface area contributed by atoms with Crippen molar-refractivity contribution in [3.63, 3.8) is 0 Å².